The van der Waals surface area contributed by atoms with Gasteiger partial charge < -0.3 is 10.5 Å². The molecule has 0 atom stereocenters. The first-order chi connectivity index (χ1) is 15.5. The van der Waals surface area contributed by atoms with Crippen LogP contribution in [0.25, 0.3) is 20.5 Å². The van der Waals surface area contributed by atoms with Crippen LogP contribution in [0.4, 0.5) is 0 Å². The van der Waals surface area contributed by atoms with Crippen LogP contribution in [0.15, 0.2) is 65.7 Å². The average Bonchev–Trinajstić information content (AvgIpc) is 3.45. The fourth-order valence-electron chi connectivity index (χ4n) is 4.06. The van der Waals surface area contributed by atoms with Crippen molar-refractivity contribution in [1.82, 2.24) is 0 Å². The molecule has 0 saturated heterocycles. The first-order valence-electron chi connectivity index (χ1n) is 10.2. The highest BCUT2D eigenvalue weighted by Gasteiger charge is 2.20. The molecule has 1 aromatic heterocycles. The first kappa shape index (κ1) is 20.2. The van der Waals surface area contributed by atoms with Crippen molar-refractivity contribution in [3.63, 3.8) is 0 Å². The van der Waals surface area contributed by atoms with E-state index >= 15 is 0 Å². The summed E-state index contributed by atoms with van der Waals surface area (Å²) >= 11 is 1.71. The van der Waals surface area contributed by atoms with E-state index in [9.17, 15) is 9.59 Å². The molecular weight excluding hydrogens is 420 g/mol. The molecule has 0 saturated carbocycles. The van der Waals surface area contributed by atoms with Crippen LogP contribution < -0.4 is 10.5 Å². The quantitative estimate of drug-likeness (QED) is 0.427. The number of ether oxygens (including phenoxy) is 1. The third kappa shape index (κ3) is 3.59. The van der Waals surface area contributed by atoms with Crippen LogP contribution in [-0.4, -0.2) is 25.0 Å². The molecule has 1 aliphatic rings. The largest absolute Gasteiger partial charge is 0.496 e. The Bertz CT molecular complexity index is 1390. The smallest absolute Gasteiger partial charge is 0.248 e. The lowest BCUT2D eigenvalue weighted by Crippen LogP contribution is -2.13. The fraction of sp³-hybridized carbons (Fsp3) is 0.115. The Hall–Kier alpha value is -3.77. The molecule has 6 heteroatoms. The summed E-state index contributed by atoms with van der Waals surface area (Å²) in [5, 5.41) is 1.19. The zero-order valence-electron chi connectivity index (χ0n) is 17.4. The molecule has 0 unspecified atom stereocenters. The van der Waals surface area contributed by atoms with E-state index in [4.69, 9.17) is 10.5 Å². The number of nitrogens with zero attached hydrogens (tertiary/aromatic N) is 1. The molecule has 0 fully saturated rings. The van der Waals surface area contributed by atoms with E-state index in [1.807, 2.05) is 30.5 Å². The molecule has 1 amide bonds. The molecule has 3 aromatic carbocycles. The van der Waals surface area contributed by atoms with Gasteiger partial charge in [0.15, 0.2) is 5.78 Å². The second kappa shape index (κ2) is 8.05. The van der Waals surface area contributed by atoms with E-state index in [-0.39, 0.29) is 12.2 Å². The van der Waals surface area contributed by atoms with Crippen molar-refractivity contribution in [1.29, 1.82) is 0 Å². The summed E-state index contributed by atoms with van der Waals surface area (Å²) < 4.78 is 6.60. The maximum absolute atomic E-state index is 13.3. The second-order valence-electron chi connectivity index (χ2n) is 7.70. The standard InChI is InChI=1S/C26H20N2O3S/c1-31-23-7-6-16(26(27)30)8-18(23)11-22(29)17-9-19-13-28-14-21(19)20(10-17)25-12-15-4-2-3-5-24(15)32-25/h2-10,12-13H,11,14H2,1H3,(H2,27,30). The van der Waals surface area contributed by atoms with Crippen molar-refractivity contribution in [2.24, 2.45) is 10.7 Å². The summed E-state index contributed by atoms with van der Waals surface area (Å²) in [6, 6.07) is 19.2. The zero-order chi connectivity index (χ0) is 22.2. The first-order valence-corrected chi connectivity index (χ1v) is 11.0. The number of rotatable bonds is 6. The lowest BCUT2D eigenvalue weighted by Gasteiger charge is -2.12. The minimum Gasteiger partial charge on any atom is -0.496 e. The summed E-state index contributed by atoms with van der Waals surface area (Å²) in [6.07, 6.45) is 1.93. The number of carbonyl (C=O) groups is 2. The molecule has 5 rings (SSSR count). The highest BCUT2D eigenvalue weighted by atomic mass is 32.1. The monoisotopic (exact) mass is 440 g/mol. The van der Waals surface area contributed by atoms with Gasteiger partial charge in [-0.05, 0) is 64.5 Å². The van der Waals surface area contributed by atoms with Crippen LogP contribution in [0, 0.1) is 0 Å². The molecule has 0 aliphatic carbocycles. The van der Waals surface area contributed by atoms with Gasteiger partial charge in [0.25, 0.3) is 0 Å². The average molecular weight is 441 g/mol. The molecule has 2 N–H and O–H groups in total. The van der Waals surface area contributed by atoms with Crippen molar-refractivity contribution in [3.8, 4) is 16.2 Å². The van der Waals surface area contributed by atoms with E-state index in [0.717, 1.165) is 21.6 Å². The van der Waals surface area contributed by atoms with Gasteiger partial charge >= 0.3 is 0 Å². The number of nitrogens with two attached hydrogens (primary N) is 1. The van der Waals surface area contributed by atoms with Gasteiger partial charge in [-0.15, -0.1) is 11.3 Å². The molecule has 158 valence electrons. The predicted molar refractivity (Wildman–Crippen MR) is 128 cm³/mol. The molecule has 0 bridgehead atoms. The number of methoxy groups -OCH3 is 1. The number of hydrogen-bond donors (Lipinski definition) is 1. The Kier molecular flexibility index (Phi) is 5.07. The Labute approximate surface area is 189 Å². The van der Waals surface area contributed by atoms with Crippen molar-refractivity contribution in [3.05, 3.63) is 88.5 Å². The molecule has 32 heavy (non-hydrogen) atoms. The summed E-state index contributed by atoms with van der Waals surface area (Å²) in [5.41, 5.74) is 10.2. The number of thiophene rings is 1. The zero-order valence-corrected chi connectivity index (χ0v) is 18.2. The lowest BCUT2D eigenvalue weighted by atomic mass is 9.93. The van der Waals surface area contributed by atoms with Crippen molar-refractivity contribution < 1.29 is 14.3 Å². The van der Waals surface area contributed by atoms with Crippen LogP contribution in [0.5, 0.6) is 5.75 Å². The number of fused-ring (bicyclic) bond motifs is 2. The molecular formula is C26H20N2O3S. The number of ketones is 1. The Morgan fingerprint density at radius 2 is 1.91 bits per heavy atom. The molecule has 0 spiro atoms. The van der Waals surface area contributed by atoms with Crippen LogP contribution >= 0.6 is 11.3 Å². The van der Waals surface area contributed by atoms with Crippen LogP contribution in [0.3, 0.4) is 0 Å². The second-order valence-corrected chi connectivity index (χ2v) is 8.78. The highest BCUT2D eigenvalue weighted by Crippen LogP contribution is 2.38. The molecule has 4 aromatic rings. The van der Waals surface area contributed by atoms with E-state index in [0.29, 0.717) is 29.0 Å². The van der Waals surface area contributed by atoms with E-state index in [1.54, 1.807) is 36.6 Å². The number of amides is 1. The summed E-state index contributed by atoms with van der Waals surface area (Å²) in [6.45, 7) is 0.613. The number of aliphatic imine (C=N–C) groups is 1. The van der Waals surface area contributed by atoms with E-state index < -0.39 is 5.91 Å². The van der Waals surface area contributed by atoms with Crippen molar-refractivity contribution >= 4 is 39.3 Å². The Morgan fingerprint density at radius 1 is 1.06 bits per heavy atom. The van der Waals surface area contributed by atoms with Gasteiger partial charge in [0.2, 0.25) is 5.91 Å². The Morgan fingerprint density at radius 3 is 2.69 bits per heavy atom. The topological polar surface area (TPSA) is 81.8 Å². The Balaban J connectivity index is 1.55. The van der Waals surface area contributed by atoms with Crippen LogP contribution in [0.2, 0.25) is 0 Å². The van der Waals surface area contributed by atoms with Gasteiger partial charge in [-0.3, -0.25) is 14.6 Å². The SMILES string of the molecule is COc1ccc(C(N)=O)cc1CC(=O)c1cc2c(c(-c3cc4ccccc4s3)c1)CN=C2. The van der Waals surface area contributed by atoms with Crippen LogP contribution in [-0.2, 0) is 13.0 Å². The van der Waals surface area contributed by atoms with E-state index in [1.165, 1.54) is 10.1 Å². The van der Waals surface area contributed by atoms with Crippen LogP contribution in [0.1, 0.15) is 37.4 Å². The number of Topliss-reactive ketones (excluding diaryl/α,β-unsaturated/α-hetero) is 1. The van der Waals surface area contributed by atoms with Gasteiger partial charge in [0.05, 0.1) is 13.7 Å². The third-order valence-electron chi connectivity index (χ3n) is 5.69. The summed E-state index contributed by atoms with van der Waals surface area (Å²) in [7, 11) is 1.54. The normalized spacial score (nSPS) is 12.2. The lowest BCUT2D eigenvalue weighted by molar-refractivity contribution is 0.0983. The maximum Gasteiger partial charge on any atom is 0.248 e. The van der Waals surface area contributed by atoms with Gasteiger partial charge in [-0.1, -0.05) is 18.2 Å². The number of carbonyl (C=O) groups excluding carboxylic acids is 2. The molecule has 0 radical (unpaired) electrons. The fourth-order valence-corrected chi connectivity index (χ4v) is 5.17. The molecule has 2 heterocycles. The van der Waals surface area contributed by atoms with Crippen molar-refractivity contribution in [2.45, 2.75) is 13.0 Å². The van der Waals surface area contributed by atoms with Gasteiger partial charge in [0, 0.05) is 38.9 Å². The number of hydrogen-bond acceptors (Lipinski definition) is 5. The number of primary amides is 1. The number of benzene rings is 3. The maximum atomic E-state index is 13.3. The van der Waals surface area contributed by atoms with Gasteiger partial charge in [-0.2, -0.15) is 0 Å². The molecule has 5 nitrogen and oxygen atoms in total. The third-order valence-corrected chi connectivity index (χ3v) is 6.84. The minimum atomic E-state index is -0.540. The van der Waals surface area contributed by atoms with Crippen molar-refractivity contribution in [2.75, 3.05) is 7.11 Å². The van der Waals surface area contributed by atoms with Gasteiger partial charge in [0.1, 0.15) is 5.75 Å². The predicted octanol–water partition coefficient (Wildman–Crippen LogP) is 5.03. The van der Waals surface area contributed by atoms with E-state index in [2.05, 4.69) is 23.2 Å². The highest BCUT2D eigenvalue weighted by molar-refractivity contribution is 7.22. The minimum absolute atomic E-state index is 0.0598. The molecule has 1 aliphatic heterocycles. The summed E-state index contributed by atoms with van der Waals surface area (Å²) in [4.78, 5) is 30.5. The summed E-state index contributed by atoms with van der Waals surface area (Å²) in [5.74, 6) is -0.0478. The van der Waals surface area contributed by atoms with Gasteiger partial charge in [-0.25, -0.2) is 0 Å².